The molecular weight excluding hydrogens is 302 g/mol. The van der Waals surface area contributed by atoms with E-state index in [9.17, 15) is 9.59 Å². The highest BCUT2D eigenvalue weighted by Gasteiger charge is 2.32. The van der Waals surface area contributed by atoms with Gasteiger partial charge in [-0.1, -0.05) is 13.3 Å². The van der Waals surface area contributed by atoms with Crippen LogP contribution in [0, 0.1) is 11.8 Å². The Morgan fingerprint density at radius 3 is 2.68 bits per heavy atom. The van der Waals surface area contributed by atoms with E-state index in [0.717, 1.165) is 64.7 Å². The molecule has 0 aromatic heterocycles. The second-order valence-corrected chi connectivity index (χ2v) is 6.31. The van der Waals surface area contributed by atoms with Crippen LogP contribution in [0.15, 0.2) is 0 Å². The standard InChI is InChI=1S/C16H29N3O2.ClH/c1-2-3-9-18-15(20)14-7-5-10-19(12-14)16(21)13-6-4-8-17-11-13;/h13-14,17H,2-12H2,1H3,(H,18,20);1H. The average Bonchev–Trinajstić information content (AvgIpc) is 2.55. The van der Waals surface area contributed by atoms with E-state index in [0.29, 0.717) is 6.54 Å². The molecule has 0 radical (unpaired) electrons. The third-order valence-electron chi connectivity index (χ3n) is 4.58. The Kier molecular flexibility index (Phi) is 8.79. The molecule has 6 heteroatoms. The van der Waals surface area contributed by atoms with Crippen molar-refractivity contribution in [2.24, 2.45) is 11.8 Å². The van der Waals surface area contributed by atoms with E-state index in [-0.39, 0.29) is 36.1 Å². The zero-order valence-corrected chi connectivity index (χ0v) is 14.4. The molecule has 128 valence electrons. The van der Waals surface area contributed by atoms with Gasteiger partial charge < -0.3 is 15.5 Å². The Morgan fingerprint density at radius 2 is 2.00 bits per heavy atom. The van der Waals surface area contributed by atoms with Crippen molar-refractivity contribution in [1.29, 1.82) is 0 Å². The molecule has 2 fully saturated rings. The number of nitrogens with zero attached hydrogens (tertiary/aromatic N) is 1. The Balaban J connectivity index is 0.00000242. The number of unbranched alkanes of at least 4 members (excludes halogenated alkanes) is 1. The molecule has 5 nitrogen and oxygen atoms in total. The molecule has 2 unspecified atom stereocenters. The third kappa shape index (κ3) is 5.43. The van der Waals surface area contributed by atoms with Crippen LogP contribution in [0.1, 0.15) is 45.4 Å². The van der Waals surface area contributed by atoms with Crippen LogP contribution in [-0.4, -0.2) is 49.4 Å². The average molecular weight is 332 g/mol. The maximum atomic E-state index is 12.5. The van der Waals surface area contributed by atoms with Crippen LogP contribution in [0.3, 0.4) is 0 Å². The molecule has 0 aliphatic carbocycles. The summed E-state index contributed by atoms with van der Waals surface area (Å²) in [4.78, 5) is 26.6. The van der Waals surface area contributed by atoms with Gasteiger partial charge in [-0.2, -0.15) is 0 Å². The van der Waals surface area contributed by atoms with Crippen LogP contribution in [0.5, 0.6) is 0 Å². The van der Waals surface area contributed by atoms with E-state index in [2.05, 4.69) is 17.6 Å². The largest absolute Gasteiger partial charge is 0.356 e. The summed E-state index contributed by atoms with van der Waals surface area (Å²) in [6, 6.07) is 0. The van der Waals surface area contributed by atoms with Gasteiger partial charge in [0.15, 0.2) is 0 Å². The first-order valence-corrected chi connectivity index (χ1v) is 8.49. The van der Waals surface area contributed by atoms with E-state index < -0.39 is 0 Å². The lowest BCUT2D eigenvalue weighted by Crippen LogP contribution is -2.49. The van der Waals surface area contributed by atoms with Gasteiger partial charge in [-0.15, -0.1) is 12.4 Å². The third-order valence-corrected chi connectivity index (χ3v) is 4.58. The van der Waals surface area contributed by atoms with E-state index in [1.165, 1.54) is 0 Å². The molecular formula is C16H30ClN3O2. The molecule has 0 aromatic rings. The molecule has 0 bridgehead atoms. The van der Waals surface area contributed by atoms with Gasteiger partial charge in [-0.25, -0.2) is 0 Å². The predicted molar refractivity (Wildman–Crippen MR) is 90.1 cm³/mol. The molecule has 2 N–H and O–H groups in total. The Morgan fingerprint density at radius 1 is 1.23 bits per heavy atom. The summed E-state index contributed by atoms with van der Waals surface area (Å²) in [6.45, 7) is 6.11. The highest BCUT2D eigenvalue weighted by molar-refractivity contribution is 5.85. The van der Waals surface area contributed by atoms with E-state index in [4.69, 9.17) is 0 Å². The highest BCUT2D eigenvalue weighted by atomic mass is 35.5. The molecule has 0 saturated carbocycles. The first-order chi connectivity index (χ1) is 10.2. The van der Waals surface area contributed by atoms with Crippen molar-refractivity contribution in [2.75, 3.05) is 32.7 Å². The minimum Gasteiger partial charge on any atom is -0.356 e. The first-order valence-electron chi connectivity index (χ1n) is 8.49. The molecule has 0 spiro atoms. The number of likely N-dealkylation sites (tertiary alicyclic amines) is 1. The lowest BCUT2D eigenvalue weighted by atomic mass is 9.93. The molecule has 2 aliphatic heterocycles. The number of nitrogens with one attached hydrogen (secondary N) is 2. The number of halogens is 1. The summed E-state index contributed by atoms with van der Waals surface area (Å²) >= 11 is 0. The fourth-order valence-electron chi connectivity index (χ4n) is 3.24. The van der Waals surface area contributed by atoms with Crippen molar-refractivity contribution in [2.45, 2.75) is 45.4 Å². The van der Waals surface area contributed by atoms with Crippen molar-refractivity contribution in [3.8, 4) is 0 Å². The van der Waals surface area contributed by atoms with Crippen LogP contribution in [0.4, 0.5) is 0 Å². The number of piperidine rings is 2. The second kappa shape index (κ2) is 10.1. The summed E-state index contributed by atoms with van der Waals surface area (Å²) < 4.78 is 0. The second-order valence-electron chi connectivity index (χ2n) is 6.31. The van der Waals surface area contributed by atoms with Crippen LogP contribution >= 0.6 is 12.4 Å². The highest BCUT2D eigenvalue weighted by Crippen LogP contribution is 2.21. The van der Waals surface area contributed by atoms with Crippen molar-refractivity contribution in [3.05, 3.63) is 0 Å². The zero-order chi connectivity index (χ0) is 15.1. The molecule has 2 saturated heterocycles. The van der Waals surface area contributed by atoms with Gasteiger partial charge in [0.25, 0.3) is 0 Å². The SMILES string of the molecule is CCCCNC(=O)C1CCCN(C(=O)C2CCCNC2)C1.Cl. The van der Waals surface area contributed by atoms with Crippen molar-refractivity contribution < 1.29 is 9.59 Å². The van der Waals surface area contributed by atoms with Gasteiger partial charge in [0.05, 0.1) is 11.8 Å². The van der Waals surface area contributed by atoms with E-state index in [1.54, 1.807) is 0 Å². The molecule has 2 aliphatic rings. The first kappa shape index (κ1) is 19.2. The number of hydrogen-bond donors (Lipinski definition) is 2. The molecule has 0 aromatic carbocycles. The van der Waals surface area contributed by atoms with Crippen LogP contribution < -0.4 is 10.6 Å². The molecule has 2 rings (SSSR count). The van der Waals surface area contributed by atoms with Crippen molar-refractivity contribution >= 4 is 24.2 Å². The summed E-state index contributed by atoms with van der Waals surface area (Å²) in [5.74, 6) is 0.465. The van der Waals surface area contributed by atoms with Crippen molar-refractivity contribution in [3.63, 3.8) is 0 Å². The molecule has 2 amide bonds. The lowest BCUT2D eigenvalue weighted by molar-refractivity contribution is -0.139. The fraction of sp³-hybridized carbons (Fsp3) is 0.875. The fourth-order valence-corrected chi connectivity index (χ4v) is 3.24. The van der Waals surface area contributed by atoms with Gasteiger partial charge in [-0.05, 0) is 38.6 Å². The molecule has 2 heterocycles. The lowest BCUT2D eigenvalue weighted by Gasteiger charge is -2.35. The normalized spacial score (nSPS) is 25.2. The zero-order valence-electron chi connectivity index (χ0n) is 13.6. The monoisotopic (exact) mass is 331 g/mol. The maximum absolute atomic E-state index is 12.5. The smallest absolute Gasteiger partial charge is 0.226 e. The van der Waals surface area contributed by atoms with Gasteiger partial charge in [0, 0.05) is 26.2 Å². The Hall–Kier alpha value is -0.810. The number of carbonyl (C=O) groups is 2. The number of rotatable bonds is 5. The number of carbonyl (C=O) groups excluding carboxylic acids is 2. The minimum absolute atomic E-state index is 0. The molecule has 2 atom stereocenters. The van der Waals surface area contributed by atoms with E-state index >= 15 is 0 Å². The maximum Gasteiger partial charge on any atom is 0.226 e. The van der Waals surface area contributed by atoms with Gasteiger partial charge in [0.1, 0.15) is 0 Å². The quantitative estimate of drug-likeness (QED) is 0.752. The van der Waals surface area contributed by atoms with Crippen LogP contribution in [-0.2, 0) is 9.59 Å². The number of amides is 2. The molecule has 22 heavy (non-hydrogen) atoms. The van der Waals surface area contributed by atoms with Gasteiger partial charge in [0.2, 0.25) is 11.8 Å². The Labute approximate surface area is 140 Å². The van der Waals surface area contributed by atoms with E-state index in [1.807, 2.05) is 4.90 Å². The minimum atomic E-state index is -0.0175. The summed E-state index contributed by atoms with van der Waals surface area (Å²) in [6.07, 6.45) is 6.02. The predicted octanol–water partition coefficient (Wildman–Crippen LogP) is 1.56. The van der Waals surface area contributed by atoms with Crippen LogP contribution in [0.2, 0.25) is 0 Å². The van der Waals surface area contributed by atoms with Crippen LogP contribution in [0.25, 0.3) is 0 Å². The summed E-state index contributed by atoms with van der Waals surface area (Å²) in [5.41, 5.74) is 0. The summed E-state index contributed by atoms with van der Waals surface area (Å²) in [5, 5.41) is 6.30. The topological polar surface area (TPSA) is 61.4 Å². The van der Waals surface area contributed by atoms with Gasteiger partial charge >= 0.3 is 0 Å². The van der Waals surface area contributed by atoms with Crippen molar-refractivity contribution in [1.82, 2.24) is 15.5 Å². The summed E-state index contributed by atoms with van der Waals surface area (Å²) in [7, 11) is 0. The number of hydrogen-bond acceptors (Lipinski definition) is 3. The van der Waals surface area contributed by atoms with Gasteiger partial charge in [-0.3, -0.25) is 9.59 Å². The Bertz CT molecular complexity index is 359.